The summed E-state index contributed by atoms with van der Waals surface area (Å²) in [6.45, 7) is 5.67. The van der Waals surface area contributed by atoms with Gasteiger partial charge in [-0.05, 0) is 49.2 Å². The first-order chi connectivity index (χ1) is 13.6. The van der Waals surface area contributed by atoms with E-state index >= 15 is 0 Å². The second-order valence-corrected chi connectivity index (χ2v) is 7.91. The van der Waals surface area contributed by atoms with E-state index in [1.807, 2.05) is 47.6 Å². The lowest BCUT2D eigenvalue weighted by atomic mass is 9.96. The van der Waals surface area contributed by atoms with E-state index in [4.69, 9.17) is 5.10 Å². The summed E-state index contributed by atoms with van der Waals surface area (Å²) in [4.78, 5) is 15.9. The fourth-order valence-electron chi connectivity index (χ4n) is 3.61. The first-order valence-corrected chi connectivity index (χ1v) is 10.4. The van der Waals surface area contributed by atoms with Gasteiger partial charge in [-0.25, -0.2) is 9.48 Å². The molecular weight excluding hydrogens is 372 g/mol. The van der Waals surface area contributed by atoms with Crippen LogP contribution in [0.1, 0.15) is 39.2 Å². The highest BCUT2D eigenvalue weighted by Gasteiger charge is 2.30. The fraction of sp³-hybridized carbons (Fsp3) is 0.286. The maximum atomic E-state index is 11.3. The summed E-state index contributed by atoms with van der Waals surface area (Å²) in [6.07, 6.45) is 1.78. The predicted molar refractivity (Wildman–Crippen MR) is 112 cm³/mol. The fourth-order valence-corrected chi connectivity index (χ4v) is 4.90. The van der Waals surface area contributed by atoms with Crippen LogP contribution in [0.4, 0.5) is 5.82 Å². The Labute approximate surface area is 168 Å². The molecule has 0 fully saturated rings. The molecule has 1 unspecified atom stereocenters. The Bertz CT molecular complexity index is 1020. The lowest BCUT2D eigenvalue weighted by Crippen LogP contribution is -2.08. The zero-order chi connectivity index (χ0) is 19.7. The van der Waals surface area contributed by atoms with Crippen LogP contribution in [0.5, 0.6) is 0 Å². The number of hydrogen-bond acceptors (Lipinski definition) is 5. The number of aromatic nitrogens is 3. The molecule has 0 radical (unpaired) electrons. The minimum Gasteiger partial charge on any atom is -0.478 e. The molecule has 1 aliphatic heterocycles. The van der Waals surface area contributed by atoms with Crippen molar-refractivity contribution >= 4 is 23.5 Å². The standard InChI is InChI=1S/C21H22N4O2S/c1-3-25-20-17(18(24-25)16-6-4-5-9-22-16)19(28-11-10-23-20)15-8-7-14(21(26)27)12-13(15)2/h4-9,12,19,23H,3,10-11H2,1-2H3,(H,26,27). The van der Waals surface area contributed by atoms with Gasteiger partial charge in [-0.1, -0.05) is 12.1 Å². The monoisotopic (exact) mass is 394 g/mol. The molecule has 0 bridgehead atoms. The molecule has 0 saturated heterocycles. The van der Waals surface area contributed by atoms with E-state index < -0.39 is 5.97 Å². The average molecular weight is 395 g/mol. The molecule has 0 spiro atoms. The lowest BCUT2D eigenvalue weighted by Gasteiger charge is -2.19. The number of aryl methyl sites for hydroxylation is 2. The number of rotatable bonds is 4. The maximum absolute atomic E-state index is 11.3. The third-order valence-electron chi connectivity index (χ3n) is 4.94. The number of thioether (sulfide) groups is 1. The first-order valence-electron chi connectivity index (χ1n) is 9.31. The van der Waals surface area contributed by atoms with E-state index in [0.29, 0.717) is 5.56 Å². The number of carboxylic acid groups (broad SMARTS) is 1. The predicted octanol–water partition coefficient (Wildman–Crippen LogP) is 4.22. The van der Waals surface area contributed by atoms with E-state index in [9.17, 15) is 9.90 Å². The number of aromatic carboxylic acids is 1. The Hall–Kier alpha value is -2.80. The van der Waals surface area contributed by atoms with Crippen LogP contribution in [-0.2, 0) is 6.54 Å². The van der Waals surface area contributed by atoms with Crippen LogP contribution in [-0.4, -0.2) is 38.1 Å². The minimum atomic E-state index is -0.904. The summed E-state index contributed by atoms with van der Waals surface area (Å²) >= 11 is 1.85. The molecule has 3 heterocycles. The summed E-state index contributed by atoms with van der Waals surface area (Å²) < 4.78 is 2.00. The Morgan fingerprint density at radius 1 is 1.36 bits per heavy atom. The van der Waals surface area contributed by atoms with Gasteiger partial charge in [0.25, 0.3) is 0 Å². The van der Waals surface area contributed by atoms with Gasteiger partial charge in [-0.2, -0.15) is 5.10 Å². The largest absolute Gasteiger partial charge is 0.478 e. The van der Waals surface area contributed by atoms with Crippen molar-refractivity contribution in [3.63, 3.8) is 0 Å². The van der Waals surface area contributed by atoms with E-state index in [-0.39, 0.29) is 5.25 Å². The topological polar surface area (TPSA) is 80.0 Å². The second kappa shape index (κ2) is 7.67. The van der Waals surface area contributed by atoms with Crippen LogP contribution in [0.25, 0.3) is 11.4 Å². The number of nitrogens with zero attached hydrogens (tertiary/aromatic N) is 3. The zero-order valence-electron chi connectivity index (χ0n) is 15.8. The molecule has 2 N–H and O–H groups in total. The van der Waals surface area contributed by atoms with E-state index in [1.54, 1.807) is 18.3 Å². The molecule has 7 heteroatoms. The van der Waals surface area contributed by atoms with Crippen molar-refractivity contribution in [3.05, 3.63) is 64.8 Å². The van der Waals surface area contributed by atoms with Crippen molar-refractivity contribution in [3.8, 4) is 11.4 Å². The Morgan fingerprint density at radius 3 is 2.89 bits per heavy atom. The summed E-state index contributed by atoms with van der Waals surface area (Å²) in [6, 6.07) is 11.2. The second-order valence-electron chi connectivity index (χ2n) is 6.70. The van der Waals surface area contributed by atoms with Gasteiger partial charge in [-0.15, -0.1) is 11.8 Å². The van der Waals surface area contributed by atoms with Crippen LogP contribution in [0.3, 0.4) is 0 Å². The number of nitrogens with one attached hydrogen (secondary N) is 1. The number of anilines is 1. The van der Waals surface area contributed by atoms with Crippen molar-refractivity contribution in [2.75, 3.05) is 17.6 Å². The van der Waals surface area contributed by atoms with Gasteiger partial charge in [0.2, 0.25) is 0 Å². The van der Waals surface area contributed by atoms with Crippen molar-refractivity contribution in [1.29, 1.82) is 0 Å². The van der Waals surface area contributed by atoms with Gasteiger partial charge in [0.15, 0.2) is 0 Å². The van der Waals surface area contributed by atoms with Crippen LogP contribution in [0, 0.1) is 6.92 Å². The van der Waals surface area contributed by atoms with Gasteiger partial charge in [0.1, 0.15) is 11.5 Å². The van der Waals surface area contributed by atoms with Crippen LogP contribution in [0.2, 0.25) is 0 Å². The number of hydrogen-bond donors (Lipinski definition) is 2. The molecule has 0 aliphatic carbocycles. The number of carbonyl (C=O) groups is 1. The van der Waals surface area contributed by atoms with Gasteiger partial charge < -0.3 is 10.4 Å². The third kappa shape index (κ3) is 3.26. The molecule has 0 amide bonds. The SMILES string of the molecule is CCn1nc(-c2ccccn2)c2c1NCCSC2c1ccc(C(=O)O)cc1C. The van der Waals surface area contributed by atoms with Crippen LogP contribution < -0.4 is 5.32 Å². The first kappa shape index (κ1) is 18.6. The maximum Gasteiger partial charge on any atom is 0.335 e. The van der Waals surface area contributed by atoms with Gasteiger partial charge >= 0.3 is 5.97 Å². The van der Waals surface area contributed by atoms with Crippen molar-refractivity contribution in [2.45, 2.75) is 25.6 Å². The molecule has 1 aromatic carbocycles. The van der Waals surface area contributed by atoms with Crippen molar-refractivity contribution < 1.29 is 9.90 Å². The number of fused-ring (bicyclic) bond motifs is 1. The van der Waals surface area contributed by atoms with E-state index in [2.05, 4.69) is 17.2 Å². The number of carboxylic acids is 1. The number of pyridine rings is 1. The van der Waals surface area contributed by atoms with Crippen molar-refractivity contribution in [2.24, 2.45) is 0 Å². The molecule has 144 valence electrons. The molecule has 1 atom stereocenters. The van der Waals surface area contributed by atoms with E-state index in [0.717, 1.165) is 52.7 Å². The normalized spacial score (nSPS) is 16.1. The Morgan fingerprint density at radius 2 is 2.21 bits per heavy atom. The molecule has 0 saturated carbocycles. The van der Waals surface area contributed by atoms with Gasteiger partial charge in [0.05, 0.1) is 16.5 Å². The summed E-state index contributed by atoms with van der Waals surface area (Å²) in [5.74, 6) is 1.07. The highest BCUT2D eigenvalue weighted by molar-refractivity contribution is 7.99. The summed E-state index contributed by atoms with van der Waals surface area (Å²) in [7, 11) is 0. The quantitative estimate of drug-likeness (QED) is 0.690. The van der Waals surface area contributed by atoms with Crippen LogP contribution >= 0.6 is 11.8 Å². The van der Waals surface area contributed by atoms with Crippen molar-refractivity contribution in [1.82, 2.24) is 14.8 Å². The molecule has 2 aromatic heterocycles. The summed E-state index contributed by atoms with van der Waals surface area (Å²) in [5, 5.41) is 17.8. The highest BCUT2D eigenvalue weighted by Crippen LogP contribution is 2.46. The number of benzene rings is 1. The zero-order valence-corrected chi connectivity index (χ0v) is 16.7. The molecule has 1 aliphatic rings. The van der Waals surface area contributed by atoms with Gasteiger partial charge in [-0.3, -0.25) is 4.98 Å². The molecule has 6 nitrogen and oxygen atoms in total. The highest BCUT2D eigenvalue weighted by atomic mass is 32.2. The van der Waals surface area contributed by atoms with Gasteiger partial charge in [0, 0.05) is 30.6 Å². The smallest absolute Gasteiger partial charge is 0.335 e. The summed E-state index contributed by atoms with van der Waals surface area (Å²) in [5.41, 5.74) is 5.25. The lowest BCUT2D eigenvalue weighted by molar-refractivity contribution is 0.0696. The molecular formula is C21H22N4O2S. The molecule has 28 heavy (non-hydrogen) atoms. The minimum absolute atomic E-state index is 0.0603. The third-order valence-corrected chi connectivity index (χ3v) is 6.20. The van der Waals surface area contributed by atoms with Crippen LogP contribution in [0.15, 0.2) is 42.6 Å². The Kier molecular flexibility index (Phi) is 5.09. The molecule has 4 rings (SSSR count). The Balaban J connectivity index is 1.91. The average Bonchev–Trinajstić information content (AvgIpc) is 2.94. The van der Waals surface area contributed by atoms with E-state index in [1.165, 1.54) is 0 Å². The molecule has 3 aromatic rings.